The minimum Gasteiger partial charge on any atom is -0.276 e. The van der Waals surface area contributed by atoms with Crippen LogP contribution in [0.2, 0.25) is 0 Å². The van der Waals surface area contributed by atoms with E-state index in [1.165, 1.54) is 22.4 Å². The van der Waals surface area contributed by atoms with E-state index < -0.39 is 5.82 Å². The Bertz CT molecular complexity index is 905. The van der Waals surface area contributed by atoms with Crippen molar-refractivity contribution in [1.29, 1.82) is 0 Å². The third-order valence-electron chi connectivity index (χ3n) is 3.11. The molecule has 0 fully saturated rings. The molecule has 0 aliphatic carbocycles. The average molecular weight is 293 g/mol. The van der Waals surface area contributed by atoms with E-state index >= 15 is 0 Å². The summed E-state index contributed by atoms with van der Waals surface area (Å²) in [6.45, 7) is 2.41. The summed E-state index contributed by atoms with van der Waals surface area (Å²) < 4.78 is 25.0. The fourth-order valence-electron chi connectivity index (χ4n) is 2.28. The van der Waals surface area contributed by atoms with Gasteiger partial charge < -0.3 is 0 Å². The highest BCUT2D eigenvalue weighted by atomic mass is 32.2. The van der Waals surface area contributed by atoms with E-state index in [1.54, 1.807) is 4.40 Å². The molecule has 0 spiro atoms. The van der Waals surface area contributed by atoms with Crippen LogP contribution < -0.4 is 5.56 Å². The van der Waals surface area contributed by atoms with Crippen molar-refractivity contribution in [3.63, 3.8) is 0 Å². The monoisotopic (exact) mass is 293 g/mol. The van der Waals surface area contributed by atoms with Gasteiger partial charge in [0, 0.05) is 6.54 Å². The van der Waals surface area contributed by atoms with Crippen molar-refractivity contribution in [2.24, 2.45) is 0 Å². The quantitative estimate of drug-likeness (QED) is 0.695. The van der Waals surface area contributed by atoms with Gasteiger partial charge in [-0.1, -0.05) is 24.7 Å². The number of fused-ring (bicyclic) bond motifs is 3. The summed E-state index contributed by atoms with van der Waals surface area (Å²) >= 11 is 1.33. The van der Waals surface area contributed by atoms with Gasteiger partial charge in [-0.2, -0.15) is 0 Å². The number of hydrogen-bond donors (Lipinski definition) is 0. The number of thioether (sulfide) groups is 1. The van der Waals surface area contributed by atoms with Crippen LogP contribution in [0.5, 0.6) is 0 Å². The lowest BCUT2D eigenvalue weighted by atomic mass is 10.2. The molecule has 1 aromatic carbocycles. The molecule has 0 aliphatic rings. The highest BCUT2D eigenvalue weighted by Gasteiger charge is 2.17. The van der Waals surface area contributed by atoms with Gasteiger partial charge in [-0.25, -0.2) is 4.39 Å². The van der Waals surface area contributed by atoms with Gasteiger partial charge in [0.25, 0.3) is 5.56 Å². The van der Waals surface area contributed by atoms with Crippen LogP contribution in [-0.4, -0.2) is 25.4 Å². The van der Waals surface area contributed by atoms with Crippen molar-refractivity contribution in [3.05, 3.63) is 34.3 Å². The van der Waals surface area contributed by atoms with Gasteiger partial charge in [-0.3, -0.25) is 13.8 Å². The molecule has 3 rings (SSSR count). The Morgan fingerprint density at radius 2 is 2.25 bits per heavy atom. The van der Waals surface area contributed by atoms with Gasteiger partial charge in [-0.15, -0.1) is 10.2 Å². The molecule has 20 heavy (non-hydrogen) atoms. The summed E-state index contributed by atoms with van der Waals surface area (Å²) in [4.78, 5) is 12.6. The smallest absolute Gasteiger partial charge is 0.262 e. The Morgan fingerprint density at radius 1 is 1.45 bits per heavy atom. The standard InChI is InChI=1S/C13H13FN4OS/c1-3-7-17-11(19)8-5-4-6-9(14)10(8)18-12(17)15-16-13(18)20-2/h4-6H,3,7H2,1-2H3/i4D. The fourth-order valence-corrected chi connectivity index (χ4v) is 2.76. The number of halogens is 1. The third-order valence-corrected chi connectivity index (χ3v) is 3.74. The Hall–Kier alpha value is -1.89. The zero-order valence-corrected chi connectivity index (χ0v) is 11.9. The first-order chi connectivity index (χ1) is 10.1. The SMILES string of the molecule is [2H]c1cc(F)c2c(c1)c(=O)n(CCC)c1nnc(SC)n21. The molecule has 3 aromatic rings. The zero-order chi connectivity index (χ0) is 15.1. The maximum atomic E-state index is 14.3. The molecular weight excluding hydrogens is 279 g/mol. The van der Waals surface area contributed by atoms with Gasteiger partial charge in [0.15, 0.2) is 5.16 Å². The van der Waals surface area contributed by atoms with E-state index in [0.29, 0.717) is 17.5 Å². The summed E-state index contributed by atoms with van der Waals surface area (Å²) in [5, 5.41) is 8.73. The normalized spacial score (nSPS) is 12.2. The second-order valence-corrected chi connectivity index (χ2v) is 5.12. The average Bonchev–Trinajstić information content (AvgIpc) is 2.86. The molecule has 2 aromatic heterocycles. The van der Waals surface area contributed by atoms with Gasteiger partial charge in [0.2, 0.25) is 5.78 Å². The molecule has 0 unspecified atom stereocenters. The molecule has 0 aliphatic heterocycles. The zero-order valence-electron chi connectivity index (χ0n) is 12.1. The predicted octanol–water partition coefficient (Wildman–Crippen LogP) is 2.32. The van der Waals surface area contributed by atoms with Gasteiger partial charge in [0.1, 0.15) is 5.82 Å². The van der Waals surface area contributed by atoms with Crippen LogP contribution in [0.1, 0.15) is 14.7 Å². The van der Waals surface area contributed by atoms with Crippen molar-refractivity contribution in [3.8, 4) is 0 Å². The molecule has 0 amide bonds. The first kappa shape index (κ1) is 11.9. The summed E-state index contributed by atoms with van der Waals surface area (Å²) in [5.74, 6) is -0.284. The summed E-state index contributed by atoms with van der Waals surface area (Å²) in [7, 11) is 0. The Labute approximate surface area is 119 Å². The molecule has 0 N–H and O–H groups in total. The minimum absolute atomic E-state index is 0.0294. The second kappa shape index (κ2) is 4.90. The Kier molecular flexibility index (Phi) is 2.91. The van der Waals surface area contributed by atoms with E-state index in [4.69, 9.17) is 1.37 Å². The lowest BCUT2D eigenvalue weighted by molar-refractivity contribution is 0.626. The topological polar surface area (TPSA) is 52.2 Å². The maximum absolute atomic E-state index is 14.3. The van der Waals surface area contributed by atoms with E-state index in [-0.39, 0.29) is 22.5 Å². The number of benzene rings is 1. The van der Waals surface area contributed by atoms with Gasteiger partial charge in [0.05, 0.1) is 12.3 Å². The molecule has 2 heterocycles. The van der Waals surface area contributed by atoms with Crippen molar-refractivity contribution < 1.29 is 5.76 Å². The number of aromatic nitrogens is 4. The molecule has 0 saturated heterocycles. The van der Waals surface area contributed by atoms with Gasteiger partial charge in [-0.05, 0) is 24.8 Å². The van der Waals surface area contributed by atoms with E-state index in [9.17, 15) is 9.18 Å². The first-order valence-electron chi connectivity index (χ1n) is 6.70. The number of hydrogen-bond acceptors (Lipinski definition) is 4. The molecule has 0 saturated carbocycles. The number of rotatable bonds is 3. The van der Waals surface area contributed by atoms with Crippen LogP contribution in [0.15, 0.2) is 28.1 Å². The molecular formula is C13H13FN4OS. The van der Waals surface area contributed by atoms with Crippen LogP contribution in [0, 0.1) is 5.82 Å². The van der Waals surface area contributed by atoms with E-state index in [2.05, 4.69) is 10.2 Å². The summed E-state index contributed by atoms with van der Waals surface area (Å²) in [6.07, 6.45) is 2.56. The molecule has 0 bridgehead atoms. The fraction of sp³-hybridized carbons (Fsp3) is 0.308. The van der Waals surface area contributed by atoms with Crippen molar-refractivity contribution >= 4 is 28.4 Å². The van der Waals surface area contributed by atoms with Crippen LogP contribution in [0.25, 0.3) is 16.7 Å². The Balaban J connectivity index is 2.62. The van der Waals surface area contributed by atoms with E-state index in [0.717, 1.165) is 12.5 Å². The number of nitrogens with zero attached hydrogens (tertiary/aromatic N) is 4. The predicted molar refractivity (Wildman–Crippen MR) is 76.8 cm³/mol. The summed E-state index contributed by atoms with van der Waals surface area (Å²) in [6, 6.07) is 2.45. The van der Waals surface area contributed by atoms with Crippen molar-refractivity contribution in [1.82, 2.24) is 19.2 Å². The second-order valence-electron chi connectivity index (χ2n) is 4.34. The molecule has 7 heteroatoms. The Morgan fingerprint density at radius 3 is 2.95 bits per heavy atom. The number of para-hydroxylation sites is 1. The number of aryl methyl sites for hydroxylation is 1. The summed E-state index contributed by atoms with van der Waals surface area (Å²) in [5.41, 5.74) is -0.208. The van der Waals surface area contributed by atoms with Crippen LogP contribution in [0.4, 0.5) is 4.39 Å². The highest BCUT2D eigenvalue weighted by Crippen LogP contribution is 2.21. The lowest BCUT2D eigenvalue weighted by Gasteiger charge is -2.10. The van der Waals surface area contributed by atoms with E-state index in [1.807, 2.05) is 13.2 Å². The molecule has 0 radical (unpaired) electrons. The van der Waals surface area contributed by atoms with Crippen LogP contribution in [0.3, 0.4) is 0 Å². The van der Waals surface area contributed by atoms with Crippen LogP contribution in [-0.2, 0) is 6.54 Å². The minimum atomic E-state index is -0.613. The highest BCUT2D eigenvalue weighted by molar-refractivity contribution is 7.98. The lowest BCUT2D eigenvalue weighted by Crippen LogP contribution is -2.23. The largest absolute Gasteiger partial charge is 0.276 e. The molecule has 0 atom stereocenters. The van der Waals surface area contributed by atoms with Gasteiger partial charge >= 0.3 is 0 Å². The molecule has 104 valence electrons. The van der Waals surface area contributed by atoms with Crippen LogP contribution >= 0.6 is 11.8 Å². The van der Waals surface area contributed by atoms with Crippen molar-refractivity contribution in [2.45, 2.75) is 25.0 Å². The van der Waals surface area contributed by atoms with Crippen molar-refractivity contribution in [2.75, 3.05) is 6.26 Å². The molecule has 5 nitrogen and oxygen atoms in total. The first-order valence-corrected chi connectivity index (χ1v) is 7.42. The third kappa shape index (κ3) is 1.73. The maximum Gasteiger partial charge on any atom is 0.262 e.